The Hall–Kier alpha value is -3.65. The molecule has 0 aliphatic carbocycles. The molecule has 0 spiro atoms. The van der Waals surface area contributed by atoms with Crippen molar-refractivity contribution in [1.82, 2.24) is 5.32 Å². The van der Waals surface area contributed by atoms with Gasteiger partial charge in [-0.2, -0.15) is 0 Å². The van der Waals surface area contributed by atoms with Crippen molar-refractivity contribution >= 4 is 27.6 Å². The number of carboxylic acids is 1. The van der Waals surface area contributed by atoms with Gasteiger partial charge in [-0.3, -0.25) is 9.10 Å². The second-order valence-corrected chi connectivity index (χ2v) is 9.17. The first-order valence-electron chi connectivity index (χ1n) is 9.98. The topological polar surface area (TPSA) is 104 Å². The van der Waals surface area contributed by atoms with Crippen LogP contribution in [0.2, 0.25) is 0 Å². The van der Waals surface area contributed by atoms with Crippen molar-refractivity contribution in [2.24, 2.45) is 0 Å². The number of para-hydroxylation sites is 1. The maximum Gasteiger partial charge on any atom is 0.326 e. The maximum absolute atomic E-state index is 13.3. The molecule has 32 heavy (non-hydrogen) atoms. The molecule has 3 aromatic carbocycles. The summed E-state index contributed by atoms with van der Waals surface area (Å²) in [5.41, 5.74) is 1.95. The molecule has 0 saturated carbocycles. The fourth-order valence-corrected chi connectivity index (χ4v) is 4.59. The van der Waals surface area contributed by atoms with Crippen molar-refractivity contribution in [3.05, 3.63) is 96.1 Å². The number of nitrogens with one attached hydrogen (secondary N) is 1. The Labute approximate surface area is 187 Å². The predicted octanol–water partition coefficient (Wildman–Crippen LogP) is 3.00. The molecule has 0 radical (unpaired) electrons. The Kier molecular flexibility index (Phi) is 7.27. The highest BCUT2D eigenvalue weighted by atomic mass is 32.2. The van der Waals surface area contributed by atoms with E-state index in [4.69, 9.17) is 0 Å². The van der Waals surface area contributed by atoms with Crippen LogP contribution in [0.5, 0.6) is 0 Å². The lowest BCUT2D eigenvalue weighted by Gasteiger charge is -2.25. The summed E-state index contributed by atoms with van der Waals surface area (Å²) in [5.74, 6) is -1.91. The van der Waals surface area contributed by atoms with E-state index in [-0.39, 0.29) is 11.3 Å². The van der Waals surface area contributed by atoms with Gasteiger partial charge in [0, 0.05) is 6.42 Å². The first-order chi connectivity index (χ1) is 15.3. The summed E-state index contributed by atoms with van der Waals surface area (Å²) < 4.78 is 27.6. The van der Waals surface area contributed by atoms with Gasteiger partial charge in [0.2, 0.25) is 5.91 Å². The quantitative estimate of drug-likeness (QED) is 0.519. The second kappa shape index (κ2) is 10.1. The minimum absolute atomic E-state index is 0.0406. The maximum atomic E-state index is 13.3. The summed E-state index contributed by atoms with van der Waals surface area (Å²) in [7, 11) is -4.06. The van der Waals surface area contributed by atoms with Crippen LogP contribution in [0.4, 0.5) is 5.69 Å². The zero-order chi connectivity index (χ0) is 23.1. The number of carboxylic acid groups (broad SMARTS) is 1. The number of carbonyl (C=O) groups is 2. The molecule has 0 aromatic heterocycles. The largest absolute Gasteiger partial charge is 0.480 e. The van der Waals surface area contributed by atoms with E-state index in [0.29, 0.717) is 5.69 Å². The van der Waals surface area contributed by atoms with Crippen LogP contribution >= 0.6 is 0 Å². The molecule has 166 valence electrons. The average molecular weight is 453 g/mol. The highest BCUT2D eigenvalue weighted by molar-refractivity contribution is 7.92. The normalized spacial score (nSPS) is 12.0. The highest BCUT2D eigenvalue weighted by Crippen LogP contribution is 2.23. The standard InChI is InChI=1S/C24H24N2O5S/c1-18-12-14-21(15-13-18)32(30,31)26(20-10-6-3-7-11-20)17-23(27)25-22(24(28)29)16-19-8-4-2-5-9-19/h2-15,22H,16-17H2,1H3,(H,25,27)(H,28,29)/t22-/m0/s1. The first-order valence-corrected chi connectivity index (χ1v) is 11.4. The van der Waals surface area contributed by atoms with Crippen molar-refractivity contribution in [1.29, 1.82) is 0 Å². The van der Waals surface area contributed by atoms with Gasteiger partial charge in [-0.1, -0.05) is 66.2 Å². The van der Waals surface area contributed by atoms with Gasteiger partial charge in [-0.25, -0.2) is 13.2 Å². The second-order valence-electron chi connectivity index (χ2n) is 7.31. The number of aryl methyl sites for hydroxylation is 1. The minimum atomic E-state index is -4.06. The summed E-state index contributed by atoms with van der Waals surface area (Å²) in [6.45, 7) is 1.29. The van der Waals surface area contributed by atoms with Crippen LogP contribution in [0, 0.1) is 6.92 Å². The van der Waals surface area contributed by atoms with Crippen molar-refractivity contribution in [2.45, 2.75) is 24.3 Å². The lowest BCUT2D eigenvalue weighted by molar-refractivity contribution is -0.141. The van der Waals surface area contributed by atoms with Crippen LogP contribution in [0.25, 0.3) is 0 Å². The fourth-order valence-electron chi connectivity index (χ4n) is 3.17. The van der Waals surface area contributed by atoms with E-state index < -0.39 is 34.5 Å². The molecule has 8 heteroatoms. The van der Waals surface area contributed by atoms with Crippen LogP contribution in [-0.2, 0) is 26.0 Å². The molecule has 0 aliphatic heterocycles. The third-order valence-corrected chi connectivity index (χ3v) is 6.64. The van der Waals surface area contributed by atoms with E-state index in [0.717, 1.165) is 15.4 Å². The predicted molar refractivity (Wildman–Crippen MR) is 122 cm³/mol. The van der Waals surface area contributed by atoms with Crippen LogP contribution in [0.15, 0.2) is 89.8 Å². The lowest BCUT2D eigenvalue weighted by atomic mass is 10.1. The molecule has 1 atom stereocenters. The summed E-state index contributed by atoms with van der Waals surface area (Å²) in [4.78, 5) is 24.5. The summed E-state index contributed by atoms with van der Waals surface area (Å²) in [6.07, 6.45) is 0.0813. The molecule has 3 rings (SSSR count). The number of sulfonamides is 1. The number of carbonyl (C=O) groups excluding carboxylic acids is 1. The molecule has 0 saturated heterocycles. The SMILES string of the molecule is Cc1ccc(S(=O)(=O)N(CC(=O)N[C@@H](Cc2ccccc2)C(=O)O)c2ccccc2)cc1. The van der Waals surface area contributed by atoms with Crippen molar-refractivity contribution in [3.8, 4) is 0 Å². The first kappa shape index (κ1) is 23.0. The number of anilines is 1. The van der Waals surface area contributed by atoms with E-state index >= 15 is 0 Å². The minimum Gasteiger partial charge on any atom is -0.480 e. The molecule has 3 aromatic rings. The van der Waals surface area contributed by atoms with Gasteiger partial charge >= 0.3 is 5.97 Å². The van der Waals surface area contributed by atoms with Gasteiger partial charge in [0.05, 0.1) is 10.6 Å². The summed E-state index contributed by atoms with van der Waals surface area (Å²) in [5, 5.41) is 12.0. The van der Waals surface area contributed by atoms with Crippen LogP contribution in [0.3, 0.4) is 0 Å². The Bertz CT molecular complexity index is 1160. The molecular formula is C24H24N2O5S. The van der Waals surface area contributed by atoms with Gasteiger partial charge in [0.15, 0.2) is 0 Å². The van der Waals surface area contributed by atoms with Gasteiger partial charge in [-0.15, -0.1) is 0 Å². The highest BCUT2D eigenvalue weighted by Gasteiger charge is 2.29. The monoisotopic (exact) mass is 452 g/mol. The van der Waals surface area contributed by atoms with Gasteiger partial charge in [0.1, 0.15) is 12.6 Å². The zero-order valence-corrected chi connectivity index (χ0v) is 18.3. The van der Waals surface area contributed by atoms with Gasteiger partial charge < -0.3 is 10.4 Å². The third-order valence-electron chi connectivity index (χ3n) is 4.86. The van der Waals surface area contributed by atoms with E-state index in [1.165, 1.54) is 12.1 Å². The zero-order valence-electron chi connectivity index (χ0n) is 17.5. The van der Waals surface area contributed by atoms with Crippen molar-refractivity contribution < 1.29 is 23.1 Å². The molecule has 0 fully saturated rings. The van der Waals surface area contributed by atoms with Crippen molar-refractivity contribution in [3.63, 3.8) is 0 Å². The smallest absolute Gasteiger partial charge is 0.326 e. The molecule has 0 aliphatic rings. The average Bonchev–Trinajstić information content (AvgIpc) is 2.78. The van der Waals surface area contributed by atoms with E-state index in [9.17, 15) is 23.1 Å². The van der Waals surface area contributed by atoms with E-state index in [2.05, 4.69) is 5.32 Å². The molecule has 1 amide bonds. The number of hydrogen-bond acceptors (Lipinski definition) is 4. The van der Waals surface area contributed by atoms with Crippen molar-refractivity contribution in [2.75, 3.05) is 10.8 Å². The van der Waals surface area contributed by atoms with Gasteiger partial charge in [0.25, 0.3) is 10.0 Å². The van der Waals surface area contributed by atoms with Crippen LogP contribution < -0.4 is 9.62 Å². The van der Waals surface area contributed by atoms with Crippen LogP contribution in [0.1, 0.15) is 11.1 Å². The van der Waals surface area contributed by atoms with Gasteiger partial charge in [-0.05, 0) is 36.8 Å². The molecule has 0 unspecified atom stereocenters. The number of nitrogens with zero attached hydrogens (tertiary/aromatic N) is 1. The molecule has 7 nitrogen and oxygen atoms in total. The Balaban J connectivity index is 1.85. The lowest BCUT2D eigenvalue weighted by Crippen LogP contribution is -2.48. The van der Waals surface area contributed by atoms with Crippen LogP contribution in [-0.4, -0.2) is 38.0 Å². The molecule has 2 N–H and O–H groups in total. The Morgan fingerprint density at radius 2 is 1.47 bits per heavy atom. The third kappa shape index (κ3) is 5.73. The Morgan fingerprint density at radius 1 is 0.906 bits per heavy atom. The number of hydrogen-bond donors (Lipinski definition) is 2. The summed E-state index contributed by atoms with van der Waals surface area (Å²) in [6, 6.07) is 22.3. The fraction of sp³-hybridized carbons (Fsp3) is 0.167. The Morgan fingerprint density at radius 3 is 2.03 bits per heavy atom. The number of benzene rings is 3. The number of amides is 1. The van der Waals surface area contributed by atoms with E-state index in [1.54, 1.807) is 66.7 Å². The summed E-state index contributed by atoms with van der Waals surface area (Å²) >= 11 is 0. The number of aliphatic carboxylic acids is 1. The molecule has 0 bridgehead atoms. The number of rotatable bonds is 9. The molecule has 0 heterocycles. The van der Waals surface area contributed by atoms with E-state index in [1.807, 2.05) is 13.0 Å². The molecular weight excluding hydrogens is 428 g/mol.